The van der Waals surface area contributed by atoms with Crippen molar-refractivity contribution in [1.29, 1.82) is 0 Å². The number of nitrogens with two attached hydrogens (primary N) is 2. The molecule has 1 aromatic rings. The lowest BCUT2D eigenvalue weighted by atomic mass is 10.3. The zero-order chi connectivity index (χ0) is 13.0. The highest BCUT2D eigenvalue weighted by Crippen LogP contribution is 2.23. The Morgan fingerprint density at radius 2 is 1.76 bits per heavy atom. The molecule has 0 fully saturated rings. The Labute approximate surface area is 107 Å². The number of anilines is 1. The number of hydrazine groups is 1. The SMILES string of the molecule is NN/C(C(=O)O)=C(\N)Nc1cc(Cl)cc(Cl)c1. The molecular weight excluding hydrogens is 267 g/mol. The summed E-state index contributed by atoms with van der Waals surface area (Å²) >= 11 is 11.5. The molecule has 0 heterocycles. The molecule has 0 amide bonds. The maximum absolute atomic E-state index is 10.7. The molecule has 0 spiro atoms. The minimum atomic E-state index is -1.29. The molecule has 0 unspecified atom stereocenters. The Morgan fingerprint density at radius 1 is 1.24 bits per heavy atom. The van der Waals surface area contributed by atoms with Gasteiger partial charge in [0.1, 0.15) is 5.82 Å². The van der Waals surface area contributed by atoms with Gasteiger partial charge in [-0.2, -0.15) is 0 Å². The average molecular weight is 277 g/mol. The molecule has 0 bridgehead atoms. The number of nitrogens with one attached hydrogen (secondary N) is 2. The van der Waals surface area contributed by atoms with Gasteiger partial charge in [0.05, 0.1) is 0 Å². The van der Waals surface area contributed by atoms with Crippen molar-refractivity contribution in [2.75, 3.05) is 5.32 Å². The van der Waals surface area contributed by atoms with E-state index in [4.69, 9.17) is 39.9 Å². The maximum Gasteiger partial charge on any atom is 0.357 e. The van der Waals surface area contributed by atoms with Gasteiger partial charge in [-0.15, -0.1) is 0 Å². The first-order valence-corrected chi connectivity index (χ1v) is 5.12. The summed E-state index contributed by atoms with van der Waals surface area (Å²) in [6, 6.07) is 4.61. The Bertz CT molecular complexity index is 456. The number of aliphatic carboxylic acids is 1. The van der Waals surface area contributed by atoms with Gasteiger partial charge >= 0.3 is 5.97 Å². The second-order valence-electron chi connectivity index (χ2n) is 3.02. The number of rotatable bonds is 4. The van der Waals surface area contributed by atoms with Crippen LogP contribution in [0.4, 0.5) is 5.69 Å². The summed E-state index contributed by atoms with van der Waals surface area (Å²) in [5.41, 5.74) is 7.59. The molecule has 0 radical (unpaired) electrons. The molecule has 1 aromatic carbocycles. The van der Waals surface area contributed by atoms with Gasteiger partial charge in [-0.1, -0.05) is 23.2 Å². The van der Waals surface area contributed by atoms with Crippen LogP contribution in [0.25, 0.3) is 0 Å². The zero-order valence-corrected chi connectivity index (χ0v) is 10.0. The van der Waals surface area contributed by atoms with Gasteiger partial charge in [0.15, 0.2) is 5.70 Å². The fraction of sp³-hybridized carbons (Fsp3) is 0. The van der Waals surface area contributed by atoms with Crippen LogP contribution in [-0.4, -0.2) is 11.1 Å². The lowest BCUT2D eigenvalue weighted by Gasteiger charge is -2.10. The Balaban J connectivity index is 3.01. The molecule has 1 rings (SSSR count). The quantitative estimate of drug-likeness (QED) is 0.320. The molecule has 0 aromatic heterocycles. The van der Waals surface area contributed by atoms with Crippen LogP contribution in [0.2, 0.25) is 10.0 Å². The van der Waals surface area contributed by atoms with Crippen molar-refractivity contribution in [2.45, 2.75) is 0 Å². The van der Waals surface area contributed by atoms with Crippen LogP contribution in [0, 0.1) is 0 Å². The van der Waals surface area contributed by atoms with Gasteiger partial charge in [0.25, 0.3) is 0 Å². The molecule has 0 atom stereocenters. The average Bonchev–Trinajstić information content (AvgIpc) is 2.15. The normalized spacial score (nSPS) is 11.7. The van der Waals surface area contributed by atoms with Crippen molar-refractivity contribution in [3.05, 3.63) is 39.8 Å². The van der Waals surface area contributed by atoms with Crippen molar-refractivity contribution in [3.63, 3.8) is 0 Å². The van der Waals surface area contributed by atoms with E-state index in [-0.39, 0.29) is 11.5 Å². The number of hydrogen-bond donors (Lipinski definition) is 5. The van der Waals surface area contributed by atoms with Gasteiger partial charge in [-0.3, -0.25) is 5.84 Å². The molecule has 6 nitrogen and oxygen atoms in total. The summed E-state index contributed by atoms with van der Waals surface area (Å²) in [7, 11) is 0. The van der Waals surface area contributed by atoms with E-state index < -0.39 is 5.97 Å². The topological polar surface area (TPSA) is 113 Å². The van der Waals surface area contributed by atoms with E-state index in [1.807, 2.05) is 5.43 Å². The third-order valence-electron chi connectivity index (χ3n) is 1.77. The van der Waals surface area contributed by atoms with Gasteiger partial charge in [0, 0.05) is 15.7 Å². The Kier molecular flexibility index (Phi) is 4.45. The van der Waals surface area contributed by atoms with E-state index >= 15 is 0 Å². The highest BCUT2D eigenvalue weighted by Gasteiger charge is 2.11. The highest BCUT2D eigenvalue weighted by atomic mass is 35.5. The molecule has 0 aliphatic heterocycles. The number of carboxylic acid groups (broad SMARTS) is 1. The number of benzene rings is 1. The van der Waals surface area contributed by atoms with E-state index in [1.165, 1.54) is 18.2 Å². The standard InChI is InChI=1S/C9H10Cl2N4O2/c10-4-1-5(11)3-6(2-4)14-8(12)7(15-13)9(16)17/h1-3,14-15H,12-13H2,(H,16,17)/b8-7+. The van der Waals surface area contributed by atoms with Crippen molar-refractivity contribution < 1.29 is 9.90 Å². The van der Waals surface area contributed by atoms with Crippen LogP contribution in [0.1, 0.15) is 0 Å². The van der Waals surface area contributed by atoms with Crippen molar-refractivity contribution in [3.8, 4) is 0 Å². The number of carboxylic acids is 1. The summed E-state index contributed by atoms with van der Waals surface area (Å²) in [6.07, 6.45) is 0. The Hall–Kier alpha value is -1.63. The first-order chi connectivity index (χ1) is 7.93. The van der Waals surface area contributed by atoms with E-state index in [2.05, 4.69) is 5.32 Å². The van der Waals surface area contributed by atoms with Crippen LogP contribution in [0.15, 0.2) is 29.7 Å². The second-order valence-corrected chi connectivity index (χ2v) is 3.89. The number of halogens is 2. The lowest BCUT2D eigenvalue weighted by molar-refractivity contribution is -0.133. The fourth-order valence-corrected chi connectivity index (χ4v) is 1.62. The maximum atomic E-state index is 10.7. The summed E-state index contributed by atoms with van der Waals surface area (Å²) < 4.78 is 0. The predicted molar refractivity (Wildman–Crippen MR) is 66.3 cm³/mol. The predicted octanol–water partition coefficient (Wildman–Crippen LogP) is 1.08. The van der Waals surface area contributed by atoms with E-state index in [1.54, 1.807) is 0 Å². The third-order valence-corrected chi connectivity index (χ3v) is 2.21. The largest absolute Gasteiger partial charge is 0.476 e. The van der Waals surface area contributed by atoms with Crippen LogP contribution >= 0.6 is 23.2 Å². The second kappa shape index (κ2) is 5.62. The van der Waals surface area contributed by atoms with Crippen LogP contribution < -0.4 is 22.3 Å². The molecule has 8 heteroatoms. The van der Waals surface area contributed by atoms with Gasteiger partial charge in [-0.25, -0.2) is 4.79 Å². The summed E-state index contributed by atoms with van der Waals surface area (Å²) in [5, 5.41) is 12.2. The minimum absolute atomic E-state index is 0.154. The first-order valence-electron chi connectivity index (χ1n) is 4.37. The smallest absolute Gasteiger partial charge is 0.357 e. The van der Waals surface area contributed by atoms with Crippen molar-refractivity contribution >= 4 is 34.9 Å². The van der Waals surface area contributed by atoms with E-state index in [9.17, 15) is 4.79 Å². The zero-order valence-electron chi connectivity index (χ0n) is 8.50. The molecule has 17 heavy (non-hydrogen) atoms. The molecule has 7 N–H and O–H groups in total. The monoisotopic (exact) mass is 276 g/mol. The van der Waals surface area contributed by atoms with E-state index in [0.717, 1.165) is 0 Å². The van der Waals surface area contributed by atoms with E-state index in [0.29, 0.717) is 15.7 Å². The van der Waals surface area contributed by atoms with Crippen LogP contribution in [0.5, 0.6) is 0 Å². The van der Waals surface area contributed by atoms with Gasteiger partial charge in [0.2, 0.25) is 0 Å². The third kappa shape index (κ3) is 3.70. The molecule has 0 saturated heterocycles. The lowest BCUT2D eigenvalue weighted by Crippen LogP contribution is -2.32. The summed E-state index contributed by atoms with van der Waals surface area (Å²) in [6.45, 7) is 0. The molecule has 0 aliphatic carbocycles. The van der Waals surface area contributed by atoms with Crippen molar-refractivity contribution in [1.82, 2.24) is 5.43 Å². The molecule has 0 aliphatic rings. The highest BCUT2D eigenvalue weighted by molar-refractivity contribution is 6.35. The molecule has 92 valence electrons. The van der Waals surface area contributed by atoms with Gasteiger partial charge < -0.3 is 21.6 Å². The number of carbonyl (C=O) groups is 1. The molecular formula is C9H10Cl2N4O2. The fourth-order valence-electron chi connectivity index (χ4n) is 1.10. The Morgan fingerprint density at radius 3 is 2.18 bits per heavy atom. The van der Waals surface area contributed by atoms with Gasteiger partial charge in [-0.05, 0) is 18.2 Å². The van der Waals surface area contributed by atoms with Crippen LogP contribution in [-0.2, 0) is 4.79 Å². The minimum Gasteiger partial charge on any atom is -0.476 e. The first kappa shape index (κ1) is 13.4. The van der Waals surface area contributed by atoms with Crippen LogP contribution in [0.3, 0.4) is 0 Å². The summed E-state index contributed by atoms with van der Waals surface area (Å²) in [5.74, 6) is 3.59. The van der Waals surface area contributed by atoms with Crippen molar-refractivity contribution in [2.24, 2.45) is 11.6 Å². The molecule has 0 saturated carbocycles. The number of hydrogen-bond acceptors (Lipinski definition) is 5. The summed E-state index contributed by atoms with van der Waals surface area (Å²) in [4.78, 5) is 10.7.